The normalized spacial score (nSPS) is 10.8. The van der Waals surface area contributed by atoms with Crippen LogP contribution in [-0.4, -0.2) is 11.1 Å². The van der Waals surface area contributed by atoms with Gasteiger partial charge in [0.25, 0.3) is 0 Å². The highest BCUT2D eigenvalue weighted by molar-refractivity contribution is 6.34. The van der Waals surface area contributed by atoms with Crippen LogP contribution in [0.5, 0.6) is 11.5 Å². The van der Waals surface area contributed by atoms with Crippen LogP contribution in [-0.2, 0) is 4.79 Å². The lowest BCUT2D eigenvalue weighted by Crippen LogP contribution is -1.89. The van der Waals surface area contributed by atoms with Crippen LogP contribution in [0.3, 0.4) is 0 Å². The molecule has 2 rings (SSSR count). The van der Waals surface area contributed by atoms with E-state index < -0.39 is 11.8 Å². The molecule has 0 amide bonds. The third-order valence-corrected chi connectivity index (χ3v) is 2.98. The largest absolute Gasteiger partial charge is 0.478 e. The van der Waals surface area contributed by atoms with Gasteiger partial charge in [0.2, 0.25) is 0 Å². The van der Waals surface area contributed by atoms with Crippen LogP contribution in [0.4, 0.5) is 4.39 Å². The molecule has 0 heterocycles. The van der Waals surface area contributed by atoms with Crippen LogP contribution in [0.2, 0.25) is 10.0 Å². The van der Waals surface area contributed by atoms with E-state index in [1.165, 1.54) is 24.3 Å². The van der Waals surface area contributed by atoms with Crippen molar-refractivity contribution in [3.8, 4) is 11.5 Å². The number of carbonyl (C=O) groups is 1. The van der Waals surface area contributed by atoms with Gasteiger partial charge in [-0.1, -0.05) is 23.2 Å². The fourth-order valence-electron chi connectivity index (χ4n) is 1.59. The van der Waals surface area contributed by atoms with E-state index in [1.54, 1.807) is 12.1 Å². The molecule has 0 aliphatic rings. The lowest BCUT2D eigenvalue weighted by Gasteiger charge is -2.09. The molecule has 6 heteroatoms. The Morgan fingerprint density at radius 3 is 2.67 bits per heavy atom. The van der Waals surface area contributed by atoms with Crippen LogP contribution in [0.15, 0.2) is 42.5 Å². The second kappa shape index (κ2) is 6.61. The van der Waals surface area contributed by atoms with E-state index >= 15 is 0 Å². The van der Waals surface area contributed by atoms with E-state index in [0.29, 0.717) is 15.6 Å². The number of rotatable bonds is 4. The van der Waals surface area contributed by atoms with Crippen LogP contribution in [0.25, 0.3) is 6.08 Å². The van der Waals surface area contributed by atoms with Gasteiger partial charge < -0.3 is 9.84 Å². The molecule has 0 bridgehead atoms. The van der Waals surface area contributed by atoms with Gasteiger partial charge in [-0.2, -0.15) is 0 Å². The van der Waals surface area contributed by atoms with E-state index in [4.69, 9.17) is 33.0 Å². The van der Waals surface area contributed by atoms with Gasteiger partial charge in [-0.15, -0.1) is 0 Å². The maximum atomic E-state index is 13.5. The Morgan fingerprint density at radius 1 is 1.19 bits per heavy atom. The molecular weight excluding hydrogens is 318 g/mol. The maximum Gasteiger partial charge on any atom is 0.328 e. The molecule has 0 saturated heterocycles. The van der Waals surface area contributed by atoms with Crippen molar-refractivity contribution in [2.75, 3.05) is 0 Å². The summed E-state index contributed by atoms with van der Waals surface area (Å²) in [4.78, 5) is 10.5. The average molecular weight is 327 g/mol. The Morgan fingerprint density at radius 2 is 1.95 bits per heavy atom. The third kappa shape index (κ3) is 4.48. The summed E-state index contributed by atoms with van der Waals surface area (Å²) in [5.74, 6) is -1.22. The Balaban J connectivity index is 2.31. The van der Waals surface area contributed by atoms with Gasteiger partial charge in [0.05, 0.1) is 5.02 Å². The molecule has 2 aromatic rings. The first kappa shape index (κ1) is 15.4. The zero-order valence-corrected chi connectivity index (χ0v) is 12.0. The van der Waals surface area contributed by atoms with Crippen LogP contribution >= 0.6 is 23.2 Å². The monoisotopic (exact) mass is 326 g/mol. The molecule has 0 aromatic heterocycles. The van der Waals surface area contributed by atoms with Gasteiger partial charge in [-0.25, -0.2) is 9.18 Å². The van der Waals surface area contributed by atoms with Gasteiger partial charge in [-0.3, -0.25) is 0 Å². The molecule has 3 nitrogen and oxygen atoms in total. The van der Waals surface area contributed by atoms with Crippen molar-refractivity contribution in [2.45, 2.75) is 0 Å². The molecule has 0 fully saturated rings. The van der Waals surface area contributed by atoms with Crippen LogP contribution in [0, 0.1) is 5.82 Å². The summed E-state index contributed by atoms with van der Waals surface area (Å²) in [5.41, 5.74) is 0.352. The molecule has 21 heavy (non-hydrogen) atoms. The number of benzene rings is 2. The van der Waals surface area contributed by atoms with E-state index in [1.807, 2.05) is 0 Å². The molecule has 0 atom stereocenters. The molecule has 2 aromatic carbocycles. The molecule has 0 saturated carbocycles. The maximum absolute atomic E-state index is 13.5. The second-order valence-corrected chi connectivity index (χ2v) is 4.91. The quantitative estimate of drug-likeness (QED) is 0.802. The van der Waals surface area contributed by atoms with Crippen molar-refractivity contribution in [3.05, 3.63) is 63.9 Å². The predicted molar refractivity (Wildman–Crippen MR) is 79.6 cm³/mol. The van der Waals surface area contributed by atoms with Gasteiger partial charge >= 0.3 is 5.97 Å². The Labute approximate surface area is 130 Å². The zero-order valence-electron chi connectivity index (χ0n) is 10.5. The summed E-state index contributed by atoms with van der Waals surface area (Å²) in [7, 11) is 0. The van der Waals surface area contributed by atoms with Gasteiger partial charge in [0.15, 0.2) is 0 Å². The Kier molecular flexibility index (Phi) is 4.83. The molecular formula is C15H9Cl2FO3. The highest BCUT2D eigenvalue weighted by atomic mass is 35.5. The first-order valence-electron chi connectivity index (χ1n) is 5.78. The second-order valence-electron chi connectivity index (χ2n) is 4.07. The minimum absolute atomic E-state index is 0.184. The van der Waals surface area contributed by atoms with Crippen molar-refractivity contribution in [3.63, 3.8) is 0 Å². The van der Waals surface area contributed by atoms with Gasteiger partial charge in [-0.05, 0) is 35.9 Å². The minimum Gasteiger partial charge on any atom is -0.478 e. The molecule has 0 radical (unpaired) electrons. The minimum atomic E-state index is -1.13. The highest BCUT2D eigenvalue weighted by Gasteiger charge is 2.06. The van der Waals surface area contributed by atoms with Crippen LogP contribution < -0.4 is 4.74 Å². The number of hydrogen-bond acceptors (Lipinski definition) is 2. The summed E-state index contributed by atoms with van der Waals surface area (Å²) in [5, 5.41) is 9.32. The molecule has 108 valence electrons. The number of carboxylic acid groups (broad SMARTS) is 1. The Hall–Kier alpha value is -2.04. The van der Waals surface area contributed by atoms with E-state index in [-0.39, 0.29) is 11.5 Å². The summed E-state index contributed by atoms with van der Waals surface area (Å²) in [6.45, 7) is 0. The highest BCUT2D eigenvalue weighted by Crippen LogP contribution is 2.32. The summed E-state index contributed by atoms with van der Waals surface area (Å²) >= 11 is 11.8. The first-order chi connectivity index (χ1) is 9.94. The summed E-state index contributed by atoms with van der Waals surface area (Å²) in [6, 6.07) is 8.50. The predicted octanol–water partition coefficient (Wildman–Crippen LogP) is 5.02. The van der Waals surface area contributed by atoms with Crippen molar-refractivity contribution >= 4 is 35.2 Å². The zero-order chi connectivity index (χ0) is 15.4. The third-order valence-electron chi connectivity index (χ3n) is 2.43. The van der Waals surface area contributed by atoms with Gasteiger partial charge in [0, 0.05) is 23.2 Å². The summed E-state index contributed by atoms with van der Waals surface area (Å²) < 4.78 is 19.0. The average Bonchev–Trinajstić information content (AvgIpc) is 2.40. The fourth-order valence-corrected chi connectivity index (χ4v) is 1.91. The van der Waals surface area contributed by atoms with E-state index in [0.717, 1.165) is 12.1 Å². The first-order valence-corrected chi connectivity index (χ1v) is 6.54. The lowest BCUT2D eigenvalue weighted by molar-refractivity contribution is -0.131. The number of carboxylic acids is 1. The van der Waals surface area contributed by atoms with E-state index in [2.05, 4.69) is 0 Å². The van der Waals surface area contributed by atoms with Crippen molar-refractivity contribution < 1.29 is 19.0 Å². The smallest absolute Gasteiger partial charge is 0.328 e. The fraction of sp³-hybridized carbons (Fsp3) is 0. The van der Waals surface area contributed by atoms with Crippen LogP contribution in [0.1, 0.15) is 5.56 Å². The SMILES string of the molecule is O=C(O)/C=C/c1cc(F)cc(Oc2cc(Cl)ccc2Cl)c1. The van der Waals surface area contributed by atoms with Gasteiger partial charge in [0.1, 0.15) is 17.3 Å². The molecule has 0 aliphatic carbocycles. The summed E-state index contributed by atoms with van der Waals surface area (Å²) in [6.07, 6.45) is 2.17. The number of ether oxygens (including phenoxy) is 1. The number of hydrogen-bond donors (Lipinski definition) is 1. The standard InChI is InChI=1S/C15H9Cl2FO3/c16-10-2-3-13(17)14(7-10)21-12-6-9(1-4-15(19)20)5-11(18)8-12/h1-8H,(H,19,20)/b4-1+. The van der Waals surface area contributed by atoms with Crippen molar-refractivity contribution in [1.29, 1.82) is 0 Å². The van der Waals surface area contributed by atoms with Crippen molar-refractivity contribution in [2.24, 2.45) is 0 Å². The topological polar surface area (TPSA) is 46.5 Å². The molecule has 1 N–H and O–H groups in total. The molecule has 0 spiro atoms. The Bertz CT molecular complexity index is 714. The van der Waals surface area contributed by atoms with E-state index in [9.17, 15) is 9.18 Å². The lowest BCUT2D eigenvalue weighted by atomic mass is 10.2. The molecule has 0 unspecified atom stereocenters. The molecule has 0 aliphatic heterocycles. The number of halogens is 3. The number of aliphatic carboxylic acids is 1. The van der Waals surface area contributed by atoms with Crippen molar-refractivity contribution in [1.82, 2.24) is 0 Å².